The molecule has 8 heteroatoms. The second-order valence-corrected chi connectivity index (χ2v) is 6.78. The number of amides is 2. The van der Waals surface area contributed by atoms with Crippen LogP contribution >= 0.6 is 0 Å². The van der Waals surface area contributed by atoms with E-state index in [0.29, 0.717) is 17.1 Å². The second kappa shape index (κ2) is 10.6. The van der Waals surface area contributed by atoms with Crippen LogP contribution in [0.4, 0.5) is 5.69 Å². The molecule has 3 aromatic carbocycles. The third-order valence-electron chi connectivity index (χ3n) is 4.49. The van der Waals surface area contributed by atoms with Gasteiger partial charge in [-0.1, -0.05) is 30.3 Å². The lowest BCUT2D eigenvalue weighted by molar-refractivity contribution is -0.118. The molecular formula is C24H23N3O5. The molecule has 3 N–H and O–H groups in total. The van der Waals surface area contributed by atoms with E-state index >= 15 is 0 Å². The van der Waals surface area contributed by atoms with Crippen molar-refractivity contribution in [2.45, 2.75) is 6.92 Å². The molecule has 3 rings (SSSR count). The number of benzene rings is 3. The molecule has 0 aliphatic heterocycles. The van der Waals surface area contributed by atoms with Crippen LogP contribution < -0.4 is 20.2 Å². The summed E-state index contributed by atoms with van der Waals surface area (Å²) in [5, 5.41) is 16.4. The number of hydrazone groups is 1. The number of hydrogen-bond donors (Lipinski definition) is 3. The molecule has 0 spiro atoms. The maximum absolute atomic E-state index is 12.2. The number of para-hydroxylation sites is 2. The van der Waals surface area contributed by atoms with E-state index in [1.807, 2.05) is 31.2 Å². The highest BCUT2D eigenvalue weighted by atomic mass is 16.5. The Morgan fingerprint density at radius 2 is 1.78 bits per heavy atom. The van der Waals surface area contributed by atoms with E-state index in [-0.39, 0.29) is 23.8 Å². The van der Waals surface area contributed by atoms with Gasteiger partial charge in [0.1, 0.15) is 5.75 Å². The van der Waals surface area contributed by atoms with Crippen molar-refractivity contribution in [1.29, 1.82) is 0 Å². The second-order valence-electron chi connectivity index (χ2n) is 6.78. The molecule has 0 bridgehead atoms. The van der Waals surface area contributed by atoms with Crippen LogP contribution in [0.5, 0.6) is 17.2 Å². The maximum Gasteiger partial charge on any atom is 0.275 e. The Morgan fingerprint density at radius 1 is 1.03 bits per heavy atom. The van der Waals surface area contributed by atoms with Crippen molar-refractivity contribution in [3.05, 3.63) is 83.4 Å². The standard InChI is InChI=1S/C24H23N3O5/c1-16-7-3-5-9-19(16)26-23(29)15-32-21-12-11-17(13-22(21)31-2)14-25-27-24(30)18-8-4-6-10-20(18)28/h3-14,28H,15H2,1-2H3,(H,26,29)(H,27,30)/b25-14+. The van der Waals surface area contributed by atoms with Gasteiger partial charge < -0.3 is 19.9 Å². The van der Waals surface area contributed by atoms with Gasteiger partial charge in [-0.05, 0) is 54.4 Å². The summed E-state index contributed by atoms with van der Waals surface area (Å²) >= 11 is 0. The highest BCUT2D eigenvalue weighted by Crippen LogP contribution is 2.27. The minimum Gasteiger partial charge on any atom is -0.507 e. The van der Waals surface area contributed by atoms with Crippen molar-refractivity contribution in [1.82, 2.24) is 5.43 Å². The van der Waals surface area contributed by atoms with Crippen molar-refractivity contribution < 1.29 is 24.2 Å². The van der Waals surface area contributed by atoms with Gasteiger partial charge in [0.05, 0.1) is 18.9 Å². The summed E-state index contributed by atoms with van der Waals surface area (Å²) < 4.78 is 10.9. The van der Waals surface area contributed by atoms with E-state index in [4.69, 9.17) is 9.47 Å². The number of rotatable bonds is 8. The molecule has 0 atom stereocenters. The number of methoxy groups -OCH3 is 1. The van der Waals surface area contributed by atoms with Gasteiger partial charge in [-0.3, -0.25) is 9.59 Å². The minimum absolute atomic E-state index is 0.120. The number of carbonyl (C=O) groups is 2. The Balaban J connectivity index is 1.58. The molecule has 0 aliphatic rings. The van der Waals surface area contributed by atoms with Gasteiger partial charge in [-0.15, -0.1) is 0 Å². The maximum atomic E-state index is 12.2. The summed E-state index contributed by atoms with van der Waals surface area (Å²) in [6.45, 7) is 1.72. The van der Waals surface area contributed by atoms with Gasteiger partial charge in [0.15, 0.2) is 18.1 Å². The Kier molecular flexibility index (Phi) is 7.42. The highest BCUT2D eigenvalue weighted by molar-refractivity contribution is 5.97. The molecule has 0 aromatic heterocycles. The third kappa shape index (κ3) is 5.85. The van der Waals surface area contributed by atoms with Crippen LogP contribution in [0, 0.1) is 6.92 Å². The lowest BCUT2D eigenvalue weighted by atomic mass is 10.2. The van der Waals surface area contributed by atoms with Crippen LogP contribution in [-0.2, 0) is 4.79 Å². The van der Waals surface area contributed by atoms with Crippen LogP contribution in [0.2, 0.25) is 0 Å². The molecule has 32 heavy (non-hydrogen) atoms. The number of carbonyl (C=O) groups excluding carboxylic acids is 2. The fourth-order valence-corrected chi connectivity index (χ4v) is 2.82. The average Bonchev–Trinajstić information content (AvgIpc) is 2.79. The number of phenolic OH excluding ortho intramolecular Hbond substituents is 1. The van der Waals surface area contributed by atoms with E-state index in [1.165, 1.54) is 25.5 Å². The van der Waals surface area contributed by atoms with E-state index < -0.39 is 5.91 Å². The lowest BCUT2D eigenvalue weighted by Gasteiger charge is -2.12. The first-order valence-electron chi connectivity index (χ1n) is 9.75. The number of aromatic hydroxyl groups is 1. The number of hydrogen-bond acceptors (Lipinski definition) is 6. The van der Waals surface area contributed by atoms with Gasteiger partial charge in [-0.25, -0.2) is 5.43 Å². The van der Waals surface area contributed by atoms with Gasteiger partial charge in [0.2, 0.25) is 0 Å². The number of ether oxygens (including phenoxy) is 2. The minimum atomic E-state index is -0.536. The third-order valence-corrected chi connectivity index (χ3v) is 4.49. The number of nitrogens with one attached hydrogen (secondary N) is 2. The van der Waals surface area contributed by atoms with Gasteiger partial charge in [0.25, 0.3) is 11.8 Å². The van der Waals surface area contributed by atoms with Crippen LogP contribution in [0.15, 0.2) is 71.8 Å². The van der Waals surface area contributed by atoms with Gasteiger partial charge >= 0.3 is 0 Å². The summed E-state index contributed by atoms with van der Waals surface area (Å²) in [7, 11) is 1.48. The molecule has 0 radical (unpaired) electrons. The predicted octanol–water partition coefficient (Wildman–Crippen LogP) is 3.49. The van der Waals surface area contributed by atoms with Crippen molar-refractivity contribution in [2.75, 3.05) is 19.0 Å². The van der Waals surface area contributed by atoms with Crippen LogP contribution in [0.1, 0.15) is 21.5 Å². The van der Waals surface area contributed by atoms with Crippen LogP contribution in [0.3, 0.4) is 0 Å². The average molecular weight is 433 g/mol. The first-order chi connectivity index (χ1) is 15.5. The molecule has 0 fully saturated rings. The molecule has 8 nitrogen and oxygen atoms in total. The molecule has 0 heterocycles. The summed E-state index contributed by atoms with van der Waals surface area (Å²) in [6.07, 6.45) is 1.43. The van der Waals surface area contributed by atoms with Crippen LogP contribution in [-0.4, -0.2) is 36.9 Å². The number of nitrogens with zero attached hydrogens (tertiary/aromatic N) is 1. The quantitative estimate of drug-likeness (QED) is 0.372. The Labute approximate surface area is 185 Å². The van der Waals surface area contributed by atoms with Gasteiger partial charge in [-0.2, -0.15) is 5.10 Å². The fraction of sp³-hybridized carbons (Fsp3) is 0.125. The van der Waals surface area contributed by atoms with Crippen molar-refractivity contribution >= 4 is 23.7 Å². The predicted molar refractivity (Wildman–Crippen MR) is 121 cm³/mol. The first-order valence-corrected chi connectivity index (χ1v) is 9.75. The monoisotopic (exact) mass is 433 g/mol. The molecule has 2 amide bonds. The van der Waals surface area contributed by atoms with E-state index in [1.54, 1.807) is 30.3 Å². The summed E-state index contributed by atoms with van der Waals surface area (Å²) in [5.41, 5.74) is 4.79. The number of anilines is 1. The first kappa shape index (κ1) is 22.4. The number of aryl methyl sites for hydroxylation is 1. The van der Waals surface area contributed by atoms with Crippen molar-refractivity contribution in [3.63, 3.8) is 0 Å². The summed E-state index contributed by atoms with van der Waals surface area (Å²) in [6, 6.07) is 18.6. The normalized spacial score (nSPS) is 10.6. The summed E-state index contributed by atoms with van der Waals surface area (Å²) in [4.78, 5) is 24.3. The van der Waals surface area contributed by atoms with E-state index in [9.17, 15) is 14.7 Å². The molecule has 0 saturated heterocycles. The van der Waals surface area contributed by atoms with Crippen LogP contribution in [0.25, 0.3) is 0 Å². The Hall–Kier alpha value is -4.33. The van der Waals surface area contributed by atoms with Crippen molar-refractivity contribution in [2.24, 2.45) is 5.10 Å². The molecule has 0 unspecified atom stereocenters. The molecule has 0 saturated carbocycles. The molecule has 164 valence electrons. The topological polar surface area (TPSA) is 109 Å². The lowest BCUT2D eigenvalue weighted by Crippen LogP contribution is -2.20. The van der Waals surface area contributed by atoms with Crippen molar-refractivity contribution in [3.8, 4) is 17.2 Å². The number of phenols is 1. The SMILES string of the molecule is COc1cc(/C=N/NC(=O)c2ccccc2O)ccc1OCC(=O)Nc1ccccc1C. The highest BCUT2D eigenvalue weighted by Gasteiger charge is 2.11. The Bertz CT molecular complexity index is 1140. The zero-order chi connectivity index (χ0) is 22.9. The van der Waals surface area contributed by atoms with Gasteiger partial charge in [0, 0.05) is 5.69 Å². The largest absolute Gasteiger partial charge is 0.507 e. The summed E-state index contributed by atoms with van der Waals surface area (Å²) in [5.74, 6) is -0.160. The zero-order valence-electron chi connectivity index (χ0n) is 17.7. The molecule has 3 aromatic rings. The van der Waals surface area contributed by atoms with E-state index in [0.717, 1.165) is 11.3 Å². The smallest absolute Gasteiger partial charge is 0.275 e. The fourth-order valence-electron chi connectivity index (χ4n) is 2.82. The van der Waals surface area contributed by atoms with E-state index in [2.05, 4.69) is 15.8 Å². The molecular weight excluding hydrogens is 410 g/mol. The Morgan fingerprint density at radius 3 is 2.53 bits per heavy atom. The zero-order valence-corrected chi connectivity index (χ0v) is 17.7. The molecule has 0 aliphatic carbocycles.